The molecule has 2 aliphatic rings. The molecule has 1 N–H and O–H groups in total. The number of morpholine rings is 1. The molecule has 0 aromatic carbocycles. The van der Waals surface area contributed by atoms with Crippen molar-refractivity contribution >= 4 is 23.2 Å². The first-order valence-corrected chi connectivity index (χ1v) is 10.0. The lowest BCUT2D eigenvalue weighted by Crippen LogP contribution is -2.47. The molecule has 7 heteroatoms. The summed E-state index contributed by atoms with van der Waals surface area (Å²) >= 11 is 1.59. The lowest BCUT2D eigenvalue weighted by atomic mass is 10.2. The number of likely N-dealkylation sites (tertiary alicyclic amines) is 1. The molecule has 2 saturated heterocycles. The van der Waals surface area contributed by atoms with Gasteiger partial charge >= 0.3 is 0 Å². The third-order valence-electron chi connectivity index (χ3n) is 4.84. The van der Waals surface area contributed by atoms with E-state index in [4.69, 9.17) is 4.74 Å². The molecule has 3 heterocycles. The van der Waals surface area contributed by atoms with E-state index >= 15 is 0 Å². The maximum absolute atomic E-state index is 12.5. The zero-order chi connectivity index (χ0) is 17.5. The minimum Gasteiger partial charge on any atom is -0.379 e. The first-order valence-electron chi connectivity index (χ1n) is 9.14. The van der Waals surface area contributed by atoms with E-state index in [9.17, 15) is 9.59 Å². The van der Waals surface area contributed by atoms with Gasteiger partial charge < -0.3 is 15.0 Å². The van der Waals surface area contributed by atoms with Gasteiger partial charge in [-0.25, -0.2) is 0 Å². The Morgan fingerprint density at radius 1 is 1.28 bits per heavy atom. The molecule has 2 fully saturated rings. The second kappa shape index (κ2) is 9.31. The molecule has 1 atom stereocenters. The van der Waals surface area contributed by atoms with E-state index in [2.05, 4.69) is 10.2 Å². The van der Waals surface area contributed by atoms with Crippen molar-refractivity contribution in [1.82, 2.24) is 15.1 Å². The van der Waals surface area contributed by atoms with Crippen molar-refractivity contribution in [3.8, 4) is 0 Å². The summed E-state index contributed by atoms with van der Waals surface area (Å²) in [6, 6.07) is 3.63. The molecule has 6 nitrogen and oxygen atoms in total. The molecule has 0 saturated carbocycles. The Bertz CT molecular complexity index is 558. The van der Waals surface area contributed by atoms with Crippen molar-refractivity contribution in [3.05, 3.63) is 22.4 Å². The van der Waals surface area contributed by atoms with Crippen molar-refractivity contribution in [2.45, 2.75) is 31.7 Å². The van der Waals surface area contributed by atoms with Crippen LogP contribution in [0.5, 0.6) is 0 Å². The monoisotopic (exact) mass is 365 g/mol. The quantitative estimate of drug-likeness (QED) is 0.736. The number of amides is 2. The fourth-order valence-electron chi connectivity index (χ4n) is 3.46. The minimum absolute atomic E-state index is 0.000919. The van der Waals surface area contributed by atoms with Gasteiger partial charge in [0.2, 0.25) is 11.8 Å². The Morgan fingerprint density at radius 3 is 2.88 bits per heavy atom. The average molecular weight is 365 g/mol. The Kier molecular flexibility index (Phi) is 6.84. The van der Waals surface area contributed by atoms with Crippen LogP contribution in [0.3, 0.4) is 0 Å². The van der Waals surface area contributed by atoms with Crippen molar-refractivity contribution in [3.63, 3.8) is 0 Å². The van der Waals surface area contributed by atoms with Crippen LogP contribution >= 0.6 is 11.3 Å². The van der Waals surface area contributed by atoms with Crippen LogP contribution < -0.4 is 5.32 Å². The van der Waals surface area contributed by atoms with Crippen LogP contribution in [0, 0.1) is 0 Å². The van der Waals surface area contributed by atoms with Crippen molar-refractivity contribution in [1.29, 1.82) is 0 Å². The van der Waals surface area contributed by atoms with E-state index in [0.717, 1.165) is 57.0 Å². The normalized spacial score (nSPS) is 21.4. The molecule has 0 radical (unpaired) electrons. The van der Waals surface area contributed by atoms with E-state index in [1.165, 1.54) is 0 Å². The molecule has 2 aliphatic heterocycles. The summed E-state index contributed by atoms with van der Waals surface area (Å²) in [5.74, 6) is 0.0624. The molecule has 1 aromatic heterocycles. The summed E-state index contributed by atoms with van der Waals surface area (Å²) in [7, 11) is 0. The van der Waals surface area contributed by atoms with Crippen LogP contribution in [0.4, 0.5) is 0 Å². The summed E-state index contributed by atoms with van der Waals surface area (Å²) in [4.78, 5) is 30.2. The van der Waals surface area contributed by atoms with Gasteiger partial charge in [-0.15, -0.1) is 11.3 Å². The number of ether oxygens (including phenoxy) is 1. The van der Waals surface area contributed by atoms with Crippen molar-refractivity contribution in [2.75, 3.05) is 45.9 Å². The van der Waals surface area contributed by atoms with Crippen LogP contribution in [0.1, 0.15) is 24.1 Å². The number of carbonyl (C=O) groups excluding carboxylic acids is 2. The maximum atomic E-state index is 12.5. The van der Waals surface area contributed by atoms with E-state index in [0.29, 0.717) is 19.5 Å². The summed E-state index contributed by atoms with van der Waals surface area (Å²) in [5.41, 5.74) is 0. The molecule has 0 unspecified atom stereocenters. The molecule has 25 heavy (non-hydrogen) atoms. The van der Waals surface area contributed by atoms with Crippen LogP contribution in [-0.4, -0.2) is 73.6 Å². The van der Waals surface area contributed by atoms with Gasteiger partial charge in [-0.05, 0) is 37.3 Å². The molecule has 1 aromatic rings. The standard InChI is InChI=1S/C18H27N3O3S/c22-17(14-15-4-2-13-25-15)21-8-1-5-16(21)18(23)19-6-3-7-20-9-11-24-12-10-20/h2,4,13,16H,1,3,5-12,14H2,(H,19,23)/t16-/m0/s1. The molecular formula is C18H27N3O3S. The number of carbonyl (C=O) groups is 2. The average Bonchev–Trinajstić information content (AvgIpc) is 3.31. The van der Waals surface area contributed by atoms with E-state index in [1.807, 2.05) is 17.5 Å². The molecule has 2 amide bonds. The summed E-state index contributed by atoms with van der Waals surface area (Å²) in [6.07, 6.45) is 3.01. The van der Waals surface area contributed by atoms with Gasteiger partial charge in [0.15, 0.2) is 0 Å². The Balaban J connectivity index is 1.40. The summed E-state index contributed by atoms with van der Waals surface area (Å²) in [5, 5.41) is 5.00. The van der Waals surface area contributed by atoms with Gasteiger partial charge in [-0.2, -0.15) is 0 Å². The molecule has 3 rings (SSSR count). The smallest absolute Gasteiger partial charge is 0.242 e. The van der Waals surface area contributed by atoms with Crippen molar-refractivity contribution < 1.29 is 14.3 Å². The zero-order valence-electron chi connectivity index (χ0n) is 14.6. The van der Waals surface area contributed by atoms with Crippen LogP contribution in [0.25, 0.3) is 0 Å². The fraction of sp³-hybridized carbons (Fsp3) is 0.667. The summed E-state index contributed by atoms with van der Waals surface area (Å²) < 4.78 is 5.34. The molecule has 138 valence electrons. The lowest BCUT2D eigenvalue weighted by molar-refractivity contribution is -0.137. The van der Waals surface area contributed by atoms with Crippen molar-refractivity contribution in [2.24, 2.45) is 0 Å². The SMILES string of the molecule is O=C(NCCCN1CCOCC1)[C@@H]1CCCN1C(=O)Cc1cccs1. The lowest BCUT2D eigenvalue weighted by Gasteiger charge is -2.27. The van der Waals surface area contributed by atoms with Gasteiger partial charge in [-0.1, -0.05) is 6.07 Å². The topological polar surface area (TPSA) is 61.9 Å². The molecule has 0 bridgehead atoms. The maximum Gasteiger partial charge on any atom is 0.242 e. The number of nitrogens with one attached hydrogen (secondary N) is 1. The van der Waals surface area contributed by atoms with Crippen LogP contribution in [-0.2, 0) is 20.7 Å². The first-order chi connectivity index (χ1) is 12.2. The van der Waals surface area contributed by atoms with E-state index in [1.54, 1.807) is 16.2 Å². The first kappa shape index (κ1) is 18.4. The van der Waals surface area contributed by atoms with Gasteiger partial charge in [0.1, 0.15) is 6.04 Å². The third kappa shape index (κ3) is 5.26. The molecular weight excluding hydrogens is 338 g/mol. The van der Waals surface area contributed by atoms with Gasteiger partial charge in [-0.3, -0.25) is 14.5 Å². The number of nitrogens with zero attached hydrogens (tertiary/aromatic N) is 2. The Hall–Kier alpha value is -1.44. The number of hydrogen-bond acceptors (Lipinski definition) is 5. The third-order valence-corrected chi connectivity index (χ3v) is 5.71. The van der Waals surface area contributed by atoms with Gasteiger partial charge in [0, 0.05) is 31.1 Å². The largest absolute Gasteiger partial charge is 0.379 e. The number of thiophene rings is 1. The second-order valence-corrected chi connectivity index (χ2v) is 7.63. The molecule has 0 spiro atoms. The van der Waals surface area contributed by atoms with Crippen LogP contribution in [0.2, 0.25) is 0 Å². The predicted molar refractivity (Wildman–Crippen MR) is 97.6 cm³/mol. The van der Waals surface area contributed by atoms with E-state index in [-0.39, 0.29) is 17.9 Å². The van der Waals surface area contributed by atoms with Crippen LogP contribution in [0.15, 0.2) is 17.5 Å². The molecule has 0 aliphatic carbocycles. The van der Waals surface area contributed by atoms with E-state index < -0.39 is 0 Å². The highest BCUT2D eigenvalue weighted by Crippen LogP contribution is 2.20. The fourth-order valence-corrected chi connectivity index (χ4v) is 4.15. The number of rotatable bonds is 7. The van der Waals surface area contributed by atoms with Gasteiger partial charge in [0.25, 0.3) is 0 Å². The highest BCUT2D eigenvalue weighted by atomic mass is 32.1. The zero-order valence-corrected chi connectivity index (χ0v) is 15.4. The second-order valence-electron chi connectivity index (χ2n) is 6.60. The Labute approximate surface area is 153 Å². The highest BCUT2D eigenvalue weighted by Gasteiger charge is 2.33. The number of hydrogen-bond donors (Lipinski definition) is 1. The highest BCUT2D eigenvalue weighted by molar-refractivity contribution is 7.10. The predicted octanol–water partition coefficient (Wildman–Crippen LogP) is 1.12. The van der Waals surface area contributed by atoms with Gasteiger partial charge in [0.05, 0.1) is 19.6 Å². The Morgan fingerprint density at radius 2 is 2.12 bits per heavy atom. The minimum atomic E-state index is -0.296. The summed E-state index contributed by atoms with van der Waals surface area (Å²) in [6.45, 7) is 5.89.